The topological polar surface area (TPSA) is 67.2 Å². The van der Waals surface area contributed by atoms with Crippen LogP contribution in [0, 0.1) is 10.1 Å². The molecular weight excluding hydrogens is 262 g/mol. The van der Waals surface area contributed by atoms with E-state index in [9.17, 15) is 10.1 Å². The van der Waals surface area contributed by atoms with Crippen LogP contribution < -0.4 is 10.6 Å². The molecule has 0 radical (unpaired) electrons. The van der Waals surface area contributed by atoms with Gasteiger partial charge in [-0.3, -0.25) is 10.1 Å². The monoisotopic (exact) mass is 281 g/mol. The van der Waals surface area contributed by atoms with E-state index in [1.807, 2.05) is 24.8 Å². The molecule has 1 aliphatic heterocycles. The van der Waals surface area contributed by atoms with E-state index in [4.69, 9.17) is 0 Å². The number of nitro benzene ring substituents is 1. The van der Waals surface area contributed by atoms with Crippen LogP contribution in [0.3, 0.4) is 0 Å². The molecule has 5 nitrogen and oxygen atoms in total. The van der Waals surface area contributed by atoms with E-state index in [0.29, 0.717) is 5.25 Å². The Kier molecular flexibility index (Phi) is 4.90. The van der Waals surface area contributed by atoms with Crippen molar-refractivity contribution in [3.63, 3.8) is 0 Å². The molecule has 1 aromatic rings. The van der Waals surface area contributed by atoms with Gasteiger partial charge in [-0.2, -0.15) is 11.8 Å². The van der Waals surface area contributed by atoms with Gasteiger partial charge in [0, 0.05) is 41.8 Å². The summed E-state index contributed by atoms with van der Waals surface area (Å²) >= 11 is 1.97. The number of anilines is 2. The number of rotatable bonds is 6. The van der Waals surface area contributed by atoms with Crippen molar-refractivity contribution in [2.45, 2.75) is 25.0 Å². The van der Waals surface area contributed by atoms with Crippen molar-refractivity contribution < 1.29 is 4.92 Å². The normalized spacial score (nSPS) is 18.3. The van der Waals surface area contributed by atoms with Crippen LogP contribution in [0.15, 0.2) is 18.2 Å². The van der Waals surface area contributed by atoms with Gasteiger partial charge in [0.1, 0.15) is 0 Å². The molecule has 1 atom stereocenters. The van der Waals surface area contributed by atoms with Crippen molar-refractivity contribution in [3.05, 3.63) is 28.3 Å². The van der Waals surface area contributed by atoms with E-state index in [1.54, 1.807) is 12.1 Å². The quantitative estimate of drug-likeness (QED) is 0.618. The lowest BCUT2D eigenvalue weighted by molar-refractivity contribution is -0.384. The molecule has 6 heteroatoms. The molecular formula is C13H19N3O2S. The molecule has 0 saturated carbocycles. The van der Waals surface area contributed by atoms with Crippen LogP contribution in [0.5, 0.6) is 0 Å². The maximum atomic E-state index is 10.9. The van der Waals surface area contributed by atoms with Crippen molar-refractivity contribution in [3.8, 4) is 0 Å². The van der Waals surface area contributed by atoms with E-state index in [0.717, 1.165) is 24.5 Å². The Morgan fingerprint density at radius 3 is 2.68 bits per heavy atom. The van der Waals surface area contributed by atoms with Gasteiger partial charge in [-0.15, -0.1) is 0 Å². The van der Waals surface area contributed by atoms with Crippen LogP contribution in [-0.2, 0) is 0 Å². The molecule has 104 valence electrons. The maximum absolute atomic E-state index is 10.9. The van der Waals surface area contributed by atoms with Gasteiger partial charge in [0.25, 0.3) is 5.69 Å². The number of non-ortho nitro benzene ring substituents is 1. The summed E-state index contributed by atoms with van der Waals surface area (Å²) in [5.41, 5.74) is 1.73. The predicted molar refractivity (Wildman–Crippen MR) is 81.2 cm³/mol. The number of hydrogen-bond donors (Lipinski definition) is 2. The zero-order valence-electron chi connectivity index (χ0n) is 11.0. The fourth-order valence-electron chi connectivity index (χ4n) is 2.16. The Morgan fingerprint density at radius 2 is 2.11 bits per heavy atom. The molecule has 1 heterocycles. The number of thioether (sulfide) groups is 1. The first-order valence-corrected chi connectivity index (χ1v) is 7.62. The van der Waals surface area contributed by atoms with Crippen molar-refractivity contribution in [2.24, 2.45) is 0 Å². The summed E-state index contributed by atoms with van der Waals surface area (Å²) in [4.78, 5) is 10.6. The lowest BCUT2D eigenvalue weighted by Crippen LogP contribution is -2.13. The molecule has 1 aliphatic rings. The molecule has 1 aromatic carbocycles. The average Bonchev–Trinajstić information content (AvgIpc) is 2.89. The number of nitrogens with one attached hydrogen (secondary N) is 2. The number of benzene rings is 1. The third-order valence-corrected chi connectivity index (χ3v) is 4.47. The highest BCUT2D eigenvalue weighted by molar-refractivity contribution is 8.00. The van der Waals surface area contributed by atoms with Gasteiger partial charge >= 0.3 is 0 Å². The number of hydrogen-bond acceptors (Lipinski definition) is 5. The molecule has 2 rings (SSSR count). The third kappa shape index (κ3) is 4.02. The molecule has 19 heavy (non-hydrogen) atoms. The van der Waals surface area contributed by atoms with Crippen LogP contribution in [0.2, 0.25) is 0 Å². The van der Waals surface area contributed by atoms with Gasteiger partial charge < -0.3 is 10.6 Å². The van der Waals surface area contributed by atoms with E-state index < -0.39 is 0 Å². The smallest absolute Gasteiger partial charge is 0.273 e. The minimum atomic E-state index is -0.351. The van der Waals surface area contributed by atoms with E-state index >= 15 is 0 Å². The molecule has 1 unspecified atom stereocenters. The predicted octanol–water partition coefficient (Wildman–Crippen LogP) is 3.33. The molecule has 1 fully saturated rings. The fourth-order valence-corrected chi connectivity index (χ4v) is 3.36. The highest BCUT2D eigenvalue weighted by Crippen LogP contribution is 2.28. The van der Waals surface area contributed by atoms with Gasteiger partial charge in [-0.05, 0) is 31.6 Å². The Hall–Kier alpha value is -1.43. The first-order chi connectivity index (χ1) is 9.19. The lowest BCUT2D eigenvalue weighted by Gasteiger charge is -2.12. The first-order valence-electron chi connectivity index (χ1n) is 6.58. The summed E-state index contributed by atoms with van der Waals surface area (Å²) in [6, 6.07) is 5.09. The molecule has 2 N–H and O–H groups in total. The Morgan fingerprint density at radius 1 is 1.37 bits per heavy atom. The summed E-state index contributed by atoms with van der Waals surface area (Å²) in [6.45, 7) is 3.59. The first kappa shape index (κ1) is 14.0. The zero-order chi connectivity index (χ0) is 13.7. The van der Waals surface area contributed by atoms with Crippen LogP contribution >= 0.6 is 11.8 Å². The van der Waals surface area contributed by atoms with Crippen molar-refractivity contribution in [2.75, 3.05) is 29.5 Å². The summed E-state index contributed by atoms with van der Waals surface area (Å²) in [6.07, 6.45) is 2.50. The van der Waals surface area contributed by atoms with E-state index in [-0.39, 0.29) is 10.6 Å². The highest BCUT2D eigenvalue weighted by Gasteiger charge is 2.16. The molecule has 1 saturated heterocycles. The lowest BCUT2D eigenvalue weighted by atomic mass is 10.2. The van der Waals surface area contributed by atoms with E-state index in [2.05, 4.69) is 10.6 Å². The molecule has 0 aromatic heterocycles. The Labute approximate surface area is 117 Å². The van der Waals surface area contributed by atoms with Gasteiger partial charge in [-0.1, -0.05) is 0 Å². The summed E-state index contributed by atoms with van der Waals surface area (Å²) in [7, 11) is 0. The average molecular weight is 281 g/mol. The summed E-state index contributed by atoms with van der Waals surface area (Å²) in [5, 5.41) is 18.0. The van der Waals surface area contributed by atoms with Crippen molar-refractivity contribution in [1.29, 1.82) is 0 Å². The standard InChI is InChI=1S/C13H19N3O2S/c1-2-14-10-6-11(8-12(7-10)16(17)18)15-9-13-4-3-5-19-13/h6-8,13-15H,2-5,9H2,1H3. The molecule has 0 spiro atoms. The summed E-state index contributed by atoms with van der Waals surface area (Å²) in [5.74, 6) is 1.23. The fraction of sp³-hybridized carbons (Fsp3) is 0.538. The Balaban J connectivity index is 2.06. The molecule has 0 aliphatic carbocycles. The second-order valence-electron chi connectivity index (χ2n) is 4.57. The maximum Gasteiger partial charge on any atom is 0.273 e. The number of nitrogens with zero attached hydrogens (tertiary/aromatic N) is 1. The van der Waals surface area contributed by atoms with E-state index in [1.165, 1.54) is 18.6 Å². The second-order valence-corrected chi connectivity index (χ2v) is 5.98. The largest absolute Gasteiger partial charge is 0.385 e. The van der Waals surface area contributed by atoms with Crippen molar-refractivity contribution >= 4 is 28.8 Å². The van der Waals surface area contributed by atoms with Crippen molar-refractivity contribution in [1.82, 2.24) is 0 Å². The van der Waals surface area contributed by atoms with Gasteiger partial charge in [0.05, 0.1) is 4.92 Å². The van der Waals surface area contributed by atoms with Crippen LogP contribution in [0.4, 0.5) is 17.1 Å². The second kappa shape index (κ2) is 6.65. The zero-order valence-corrected chi connectivity index (χ0v) is 11.8. The van der Waals surface area contributed by atoms with Crippen LogP contribution in [-0.4, -0.2) is 29.0 Å². The van der Waals surface area contributed by atoms with Crippen LogP contribution in [0.1, 0.15) is 19.8 Å². The van der Waals surface area contributed by atoms with Crippen LogP contribution in [0.25, 0.3) is 0 Å². The SMILES string of the molecule is CCNc1cc(NCC2CCCS2)cc([N+](=O)[O-])c1. The molecule has 0 amide bonds. The Bertz CT molecular complexity index is 448. The minimum Gasteiger partial charge on any atom is -0.385 e. The third-order valence-electron chi connectivity index (χ3n) is 3.07. The minimum absolute atomic E-state index is 0.125. The number of nitro groups is 1. The summed E-state index contributed by atoms with van der Waals surface area (Å²) < 4.78 is 0. The highest BCUT2D eigenvalue weighted by atomic mass is 32.2. The van der Waals surface area contributed by atoms with Gasteiger partial charge in [0.2, 0.25) is 0 Å². The van der Waals surface area contributed by atoms with Gasteiger partial charge in [-0.25, -0.2) is 0 Å². The molecule has 0 bridgehead atoms. The van der Waals surface area contributed by atoms with Gasteiger partial charge in [0.15, 0.2) is 0 Å².